The quantitative estimate of drug-likeness (QED) is 0.694. The second kappa shape index (κ2) is 5.78. The summed E-state index contributed by atoms with van der Waals surface area (Å²) in [5, 5.41) is 8.00. The second-order valence-corrected chi connectivity index (χ2v) is 3.20. The first-order chi connectivity index (χ1) is 6.77. The molecule has 0 radical (unpaired) electrons. The van der Waals surface area contributed by atoms with Crippen LogP contribution in [0.4, 0.5) is 5.82 Å². The minimum atomic E-state index is 0.398. The van der Waals surface area contributed by atoms with Crippen LogP contribution in [0.5, 0.6) is 0 Å². The normalized spacial score (nSPS) is 10.2. The lowest BCUT2D eigenvalue weighted by molar-refractivity contribution is 0.206. The Morgan fingerprint density at radius 2 is 2.21 bits per heavy atom. The largest absolute Gasteiger partial charge is 0.383 e. The average molecular weight is 216 g/mol. The fourth-order valence-corrected chi connectivity index (χ4v) is 1.11. The predicted octanol–water partition coefficient (Wildman–Crippen LogP) is 1.30. The van der Waals surface area contributed by atoms with Crippen molar-refractivity contribution in [2.45, 2.75) is 5.88 Å². The standard InChI is InChI=1S/C9H14ClN3O/c1-13(5-6-14-2)9-4-3-8(7-10)11-12-9/h3-4H,5-7H2,1-2H3. The van der Waals surface area contributed by atoms with Crippen LogP contribution in [-0.4, -0.2) is 37.5 Å². The molecule has 1 aromatic rings. The van der Waals surface area contributed by atoms with Crippen molar-refractivity contribution in [2.75, 3.05) is 32.2 Å². The molecule has 0 saturated carbocycles. The predicted molar refractivity (Wildman–Crippen MR) is 56.7 cm³/mol. The summed E-state index contributed by atoms with van der Waals surface area (Å²) in [5.41, 5.74) is 0.788. The lowest BCUT2D eigenvalue weighted by Crippen LogP contribution is -2.23. The van der Waals surface area contributed by atoms with Gasteiger partial charge in [0.2, 0.25) is 0 Å². The van der Waals surface area contributed by atoms with Crippen LogP contribution in [0.2, 0.25) is 0 Å². The van der Waals surface area contributed by atoms with Gasteiger partial charge in [0, 0.05) is 20.7 Å². The van der Waals surface area contributed by atoms with Crippen molar-refractivity contribution in [3.63, 3.8) is 0 Å². The Hall–Kier alpha value is -0.870. The smallest absolute Gasteiger partial charge is 0.151 e. The monoisotopic (exact) mass is 215 g/mol. The molecule has 0 saturated heterocycles. The number of hydrogen-bond donors (Lipinski definition) is 0. The molecular formula is C9H14ClN3O. The van der Waals surface area contributed by atoms with Crippen LogP contribution >= 0.6 is 11.6 Å². The summed E-state index contributed by atoms with van der Waals surface area (Å²) in [6.45, 7) is 1.47. The molecule has 0 aliphatic rings. The van der Waals surface area contributed by atoms with Gasteiger partial charge < -0.3 is 9.64 Å². The van der Waals surface area contributed by atoms with Crippen LogP contribution in [0.3, 0.4) is 0 Å². The van der Waals surface area contributed by atoms with Gasteiger partial charge in [-0.1, -0.05) is 0 Å². The van der Waals surface area contributed by atoms with Gasteiger partial charge in [-0.15, -0.1) is 16.7 Å². The number of methoxy groups -OCH3 is 1. The van der Waals surface area contributed by atoms with E-state index in [1.807, 2.05) is 24.1 Å². The number of halogens is 1. The maximum atomic E-state index is 5.61. The van der Waals surface area contributed by atoms with Crippen molar-refractivity contribution in [2.24, 2.45) is 0 Å². The molecule has 0 unspecified atom stereocenters. The van der Waals surface area contributed by atoms with Gasteiger partial charge >= 0.3 is 0 Å². The Bertz CT molecular complexity index is 265. The van der Waals surface area contributed by atoms with E-state index in [2.05, 4.69) is 10.2 Å². The summed E-state index contributed by atoms with van der Waals surface area (Å²) in [5.74, 6) is 1.23. The van der Waals surface area contributed by atoms with Crippen molar-refractivity contribution >= 4 is 17.4 Å². The van der Waals surface area contributed by atoms with Crippen LogP contribution in [0, 0.1) is 0 Å². The zero-order chi connectivity index (χ0) is 10.4. The second-order valence-electron chi connectivity index (χ2n) is 2.93. The van der Waals surface area contributed by atoms with Crippen LogP contribution in [0.1, 0.15) is 5.69 Å². The molecule has 0 aromatic carbocycles. The maximum absolute atomic E-state index is 5.61. The lowest BCUT2D eigenvalue weighted by atomic mass is 10.4. The Morgan fingerprint density at radius 1 is 1.43 bits per heavy atom. The first kappa shape index (κ1) is 11.2. The van der Waals surface area contributed by atoms with Gasteiger partial charge in [0.1, 0.15) is 0 Å². The maximum Gasteiger partial charge on any atom is 0.151 e. The summed E-state index contributed by atoms with van der Waals surface area (Å²) >= 11 is 5.61. The minimum Gasteiger partial charge on any atom is -0.383 e. The topological polar surface area (TPSA) is 38.2 Å². The van der Waals surface area contributed by atoms with Crippen molar-refractivity contribution in [1.29, 1.82) is 0 Å². The molecule has 5 heteroatoms. The molecule has 0 fully saturated rings. The molecule has 4 nitrogen and oxygen atoms in total. The Labute approximate surface area is 88.8 Å². The van der Waals surface area contributed by atoms with E-state index in [1.54, 1.807) is 7.11 Å². The van der Waals surface area contributed by atoms with E-state index in [0.29, 0.717) is 12.5 Å². The van der Waals surface area contributed by atoms with Gasteiger partial charge in [-0.25, -0.2) is 0 Å². The highest BCUT2D eigenvalue weighted by atomic mass is 35.5. The van der Waals surface area contributed by atoms with Gasteiger partial charge in [0.25, 0.3) is 0 Å². The van der Waals surface area contributed by atoms with E-state index in [9.17, 15) is 0 Å². The molecule has 0 spiro atoms. The summed E-state index contributed by atoms with van der Waals surface area (Å²) in [7, 11) is 3.62. The van der Waals surface area contributed by atoms with E-state index >= 15 is 0 Å². The van der Waals surface area contributed by atoms with Gasteiger partial charge in [-0.3, -0.25) is 0 Å². The molecule has 1 rings (SSSR count). The number of hydrogen-bond acceptors (Lipinski definition) is 4. The van der Waals surface area contributed by atoms with Crippen molar-refractivity contribution in [1.82, 2.24) is 10.2 Å². The molecule has 0 aliphatic heterocycles. The third-order valence-electron chi connectivity index (χ3n) is 1.86. The molecule has 0 amide bonds. The number of anilines is 1. The highest BCUT2D eigenvalue weighted by Gasteiger charge is 2.02. The zero-order valence-corrected chi connectivity index (χ0v) is 9.16. The molecular weight excluding hydrogens is 202 g/mol. The Balaban J connectivity index is 2.57. The van der Waals surface area contributed by atoms with Crippen LogP contribution in [-0.2, 0) is 10.6 Å². The SMILES string of the molecule is COCCN(C)c1ccc(CCl)nn1. The molecule has 78 valence electrons. The summed E-state index contributed by atoms with van der Waals surface area (Å²) in [6, 6.07) is 3.78. The van der Waals surface area contributed by atoms with Crippen molar-refractivity contribution in [3.05, 3.63) is 17.8 Å². The van der Waals surface area contributed by atoms with Crippen LogP contribution in [0.15, 0.2) is 12.1 Å². The number of nitrogens with zero attached hydrogens (tertiary/aromatic N) is 3. The molecule has 14 heavy (non-hydrogen) atoms. The zero-order valence-electron chi connectivity index (χ0n) is 8.40. The van der Waals surface area contributed by atoms with E-state index in [1.165, 1.54) is 0 Å². The van der Waals surface area contributed by atoms with Crippen LogP contribution < -0.4 is 4.90 Å². The average Bonchev–Trinajstić information content (AvgIpc) is 2.26. The first-order valence-electron chi connectivity index (χ1n) is 4.36. The number of rotatable bonds is 5. The molecule has 1 heterocycles. The Kier molecular flexibility index (Phi) is 4.62. The summed E-state index contributed by atoms with van der Waals surface area (Å²) < 4.78 is 4.97. The van der Waals surface area contributed by atoms with Crippen LogP contribution in [0.25, 0.3) is 0 Å². The molecule has 0 atom stereocenters. The van der Waals surface area contributed by atoms with Gasteiger partial charge in [-0.05, 0) is 12.1 Å². The van der Waals surface area contributed by atoms with Gasteiger partial charge in [-0.2, -0.15) is 5.10 Å². The van der Waals surface area contributed by atoms with E-state index in [4.69, 9.17) is 16.3 Å². The summed E-state index contributed by atoms with van der Waals surface area (Å²) in [6.07, 6.45) is 0. The van der Waals surface area contributed by atoms with Crippen molar-refractivity contribution in [3.8, 4) is 0 Å². The molecule has 0 N–H and O–H groups in total. The fraction of sp³-hybridized carbons (Fsp3) is 0.556. The molecule has 0 bridgehead atoms. The number of alkyl halides is 1. The van der Waals surface area contributed by atoms with E-state index < -0.39 is 0 Å². The number of aromatic nitrogens is 2. The highest BCUT2D eigenvalue weighted by Crippen LogP contribution is 2.07. The lowest BCUT2D eigenvalue weighted by Gasteiger charge is -2.16. The fourth-order valence-electron chi connectivity index (χ4n) is 0.970. The molecule has 0 aliphatic carbocycles. The van der Waals surface area contributed by atoms with E-state index in [-0.39, 0.29) is 0 Å². The number of likely N-dealkylation sites (N-methyl/N-ethyl adjacent to an activating group) is 1. The third kappa shape index (κ3) is 3.12. The first-order valence-corrected chi connectivity index (χ1v) is 4.90. The number of ether oxygens (including phenoxy) is 1. The van der Waals surface area contributed by atoms with Gasteiger partial charge in [0.15, 0.2) is 5.82 Å². The van der Waals surface area contributed by atoms with Crippen molar-refractivity contribution < 1.29 is 4.74 Å². The summed E-state index contributed by atoms with van der Waals surface area (Å²) in [4.78, 5) is 1.98. The third-order valence-corrected chi connectivity index (χ3v) is 2.14. The minimum absolute atomic E-state index is 0.398. The van der Waals surface area contributed by atoms with Gasteiger partial charge in [0.05, 0.1) is 18.2 Å². The Morgan fingerprint density at radius 3 is 2.71 bits per heavy atom. The van der Waals surface area contributed by atoms with E-state index in [0.717, 1.165) is 18.1 Å². The highest BCUT2D eigenvalue weighted by molar-refractivity contribution is 6.16. The molecule has 1 aromatic heterocycles.